The summed E-state index contributed by atoms with van der Waals surface area (Å²) in [5, 5.41) is 0. The Morgan fingerprint density at radius 2 is 1.52 bits per heavy atom. The van der Waals surface area contributed by atoms with Crippen LogP contribution in [0.3, 0.4) is 0 Å². The van der Waals surface area contributed by atoms with Crippen LogP contribution in [0.15, 0.2) is 65.1 Å². The van der Waals surface area contributed by atoms with E-state index in [0.29, 0.717) is 0 Å². The lowest BCUT2D eigenvalue weighted by atomic mass is 10.0. The molecule has 0 unspecified atom stereocenters. The first-order valence-corrected chi connectivity index (χ1v) is 8.84. The first-order valence-electron chi connectivity index (χ1n) is 8.04. The van der Waals surface area contributed by atoms with Gasteiger partial charge in [-0.15, -0.1) is 0 Å². The Morgan fingerprint density at radius 3 is 2.28 bits per heavy atom. The maximum Gasteiger partial charge on any atom is 0.129 e. The molecule has 0 aliphatic heterocycles. The molecule has 0 saturated carbocycles. The molecule has 0 fully saturated rings. The Bertz CT molecular complexity index is 989. The van der Waals surface area contributed by atoms with Crippen molar-refractivity contribution in [2.24, 2.45) is 0 Å². The SMILES string of the molecule is COc1ccc(/C=C2\c3ccccc3-c3ccc(Br)cc32)c(OC)c1. The van der Waals surface area contributed by atoms with Crippen LogP contribution in [-0.2, 0) is 0 Å². The fourth-order valence-electron chi connectivity index (χ4n) is 3.32. The van der Waals surface area contributed by atoms with Crippen LogP contribution in [0.2, 0.25) is 0 Å². The van der Waals surface area contributed by atoms with Gasteiger partial charge in [0.25, 0.3) is 0 Å². The third kappa shape index (κ3) is 2.75. The molecule has 1 aliphatic carbocycles. The van der Waals surface area contributed by atoms with Crippen LogP contribution in [0.5, 0.6) is 11.5 Å². The van der Waals surface area contributed by atoms with Crippen molar-refractivity contribution >= 4 is 27.6 Å². The highest BCUT2D eigenvalue weighted by molar-refractivity contribution is 9.10. The van der Waals surface area contributed by atoms with E-state index in [1.807, 2.05) is 18.2 Å². The van der Waals surface area contributed by atoms with Gasteiger partial charge >= 0.3 is 0 Å². The molecule has 2 nitrogen and oxygen atoms in total. The van der Waals surface area contributed by atoms with Crippen molar-refractivity contribution < 1.29 is 9.47 Å². The maximum atomic E-state index is 5.56. The summed E-state index contributed by atoms with van der Waals surface area (Å²) in [5.41, 5.74) is 7.24. The smallest absolute Gasteiger partial charge is 0.129 e. The van der Waals surface area contributed by atoms with Gasteiger partial charge in [-0.05, 0) is 58.2 Å². The van der Waals surface area contributed by atoms with Crippen molar-refractivity contribution in [3.63, 3.8) is 0 Å². The van der Waals surface area contributed by atoms with Crippen LogP contribution in [0.1, 0.15) is 16.7 Å². The average Bonchev–Trinajstić information content (AvgIpc) is 2.95. The Hall–Kier alpha value is -2.52. The molecule has 25 heavy (non-hydrogen) atoms. The number of hydrogen-bond acceptors (Lipinski definition) is 2. The molecule has 4 rings (SSSR count). The van der Waals surface area contributed by atoms with E-state index in [0.717, 1.165) is 21.5 Å². The average molecular weight is 393 g/mol. The highest BCUT2D eigenvalue weighted by Gasteiger charge is 2.23. The predicted molar refractivity (Wildman–Crippen MR) is 106 cm³/mol. The number of hydrogen-bond donors (Lipinski definition) is 0. The molecule has 0 heterocycles. The van der Waals surface area contributed by atoms with E-state index < -0.39 is 0 Å². The van der Waals surface area contributed by atoms with Gasteiger partial charge in [-0.3, -0.25) is 0 Å². The number of ether oxygens (including phenoxy) is 2. The molecule has 0 spiro atoms. The number of fused-ring (bicyclic) bond motifs is 3. The van der Waals surface area contributed by atoms with Crippen molar-refractivity contribution in [1.29, 1.82) is 0 Å². The third-order valence-electron chi connectivity index (χ3n) is 4.52. The zero-order valence-corrected chi connectivity index (χ0v) is 15.6. The maximum absolute atomic E-state index is 5.56. The molecule has 124 valence electrons. The standard InChI is InChI=1S/C22H17BrO2/c1-24-16-9-7-14(22(13-16)25-2)11-20-18-6-4-3-5-17(18)19-10-8-15(23)12-21(19)20/h3-13H,1-2H3/b20-11+. The largest absolute Gasteiger partial charge is 0.497 e. The molecule has 0 atom stereocenters. The summed E-state index contributed by atoms with van der Waals surface area (Å²) >= 11 is 3.60. The van der Waals surface area contributed by atoms with Gasteiger partial charge in [0.15, 0.2) is 0 Å². The monoisotopic (exact) mass is 392 g/mol. The Labute approximate surface area is 155 Å². The fourth-order valence-corrected chi connectivity index (χ4v) is 3.68. The molecule has 3 aromatic rings. The summed E-state index contributed by atoms with van der Waals surface area (Å²) in [7, 11) is 3.35. The van der Waals surface area contributed by atoms with Gasteiger partial charge in [0, 0.05) is 16.1 Å². The van der Waals surface area contributed by atoms with Gasteiger partial charge in [-0.25, -0.2) is 0 Å². The van der Waals surface area contributed by atoms with Crippen molar-refractivity contribution in [3.05, 3.63) is 81.8 Å². The van der Waals surface area contributed by atoms with E-state index in [1.54, 1.807) is 14.2 Å². The van der Waals surface area contributed by atoms with E-state index in [-0.39, 0.29) is 0 Å². The quantitative estimate of drug-likeness (QED) is 0.423. The molecule has 0 bridgehead atoms. The molecular weight excluding hydrogens is 376 g/mol. The van der Waals surface area contributed by atoms with Gasteiger partial charge < -0.3 is 9.47 Å². The summed E-state index contributed by atoms with van der Waals surface area (Å²) in [5.74, 6) is 1.58. The molecule has 0 amide bonds. The molecule has 0 N–H and O–H groups in total. The van der Waals surface area contributed by atoms with Crippen molar-refractivity contribution in [1.82, 2.24) is 0 Å². The summed E-state index contributed by atoms with van der Waals surface area (Å²) < 4.78 is 11.9. The van der Waals surface area contributed by atoms with E-state index in [9.17, 15) is 0 Å². The van der Waals surface area contributed by atoms with Gasteiger partial charge in [0.05, 0.1) is 14.2 Å². The lowest BCUT2D eigenvalue weighted by Crippen LogP contribution is -1.91. The van der Waals surface area contributed by atoms with E-state index >= 15 is 0 Å². The highest BCUT2D eigenvalue weighted by Crippen LogP contribution is 2.46. The zero-order chi connectivity index (χ0) is 17.4. The minimum atomic E-state index is 0.786. The number of rotatable bonds is 3. The van der Waals surface area contributed by atoms with Gasteiger partial charge in [0.2, 0.25) is 0 Å². The molecule has 3 aromatic carbocycles. The van der Waals surface area contributed by atoms with Crippen LogP contribution in [0, 0.1) is 0 Å². The summed E-state index contributed by atoms with van der Waals surface area (Å²) in [4.78, 5) is 0. The summed E-state index contributed by atoms with van der Waals surface area (Å²) in [6.45, 7) is 0. The van der Waals surface area contributed by atoms with Crippen molar-refractivity contribution in [3.8, 4) is 22.6 Å². The molecule has 0 saturated heterocycles. The number of benzene rings is 3. The first-order chi connectivity index (χ1) is 12.2. The Kier molecular flexibility index (Phi) is 4.10. The van der Waals surface area contributed by atoms with E-state index in [4.69, 9.17) is 9.47 Å². The number of halogens is 1. The van der Waals surface area contributed by atoms with Crippen LogP contribution in [0.4, 0.5) is 0 Å². The molecule has 1 aliphatic rings. The normalized spacial score (nSPS) is 13.5. The van der Waals surface area contributed by atoms with Gasteiger partial charge in [-0.2, -0.15) is 0 Å². The molecular formula is C22H17BrO2. The minimum absolute atomic E-state index is 0.786. The van der Waals surface area contributed by atoms with Crippen LogP contribution >= 0.6 is 15.9 Å². The lowest BCUT2D eigenvalue weighted by molar-refractivity contribution is 0.394. The van der Waals surface area contributed by atoms with E-state index in [1.165, 1.54) is 27.8 Å². The summed E-state index contributed by atoms with van der Waals surface area (Å²) in [6.07, 6.45) is 2.19. The van der Waals surface area contributed by atoms with Gasteiger partial charge in [-0.1, -0.05) is 46.3 Å². The second kappa shape index (κ2) is 6.41. The Balaban J connectivity index is 1.94. The van der Waals surface area contributed by atoms with E-state index in [2.05, 4.69) is 64.5 Å². The van der Waals surface area contributed by atoms with Crippen molar-refractivity contribution in [2.75, 3.05) is 14.2 Å². The summed E-state index contributed by atoms with van der Waals surface area (Å²) in [6, 6.07) is 20.9. The van der Waals surface area contributed by atoms with Crippen molar-refractivity contribution in [2.45, 2.75) is 0 Å². The number of methoxy groups -OCH3 is 2. The second-order valence-electron chi connectivity index (χ2n) is 5.90. The zero-order valence-electron chi connectivity index (χ0n) is 14.0. The molecule has 0 radical (unpaired) electrons. The third-order valence-corrected chi connectivity index (χ3v) is 5.01. The molecule has 0 aromatic heterocycles. The fraction of sp³-hybridized carbons (Fsp3) is 0.0909. The topological polar surface area (TPSA) is 18.5 Å². The predicted octanol–water partition coefficient (Wildman–Crippen LogP) is 6.04. The lowest BCUT2D eigenvalue weighted by Gasteiger charge is -2.09. The highest BCUT2D eigenvalue weighted by atomic mass is 79.9. The molecule has 3 heteroatoms. The minimum Gasteiger partial charge on any atom is -0.497 e. The van der Waals surface area contributed by atoms with Gasteiger partial charge in [0.1, 0.15) is 11.5 Å². The Morgan fingerprint density at radius 1 is 0.760 bits per heavy atom. The van der Waals surface area contributed by atoms with Crippen LogP contribution < -0.4 is 9.47 Å². The van der Waals surface area contributed by atoms with Crippen LogP contribution in [-0.4, -0.2) is 14.2 Å². The first kappa shape index (κ1) is 16.0. The van der Waals surface area contributed by atoms with Crippen LogP contribution in [0.25, 0.3) is 22.8 Å². The second-order valence-corrected chi connectivity index (χ2v) is 6.82.